The number of aromatic amines is 1. The number of H-pyrrole nitrogens is 1. The number of nitrogens with zero attached hydrogens (tertiary/aromatic N) is 1. The molecule has 0 bridgehead atoms. The van der Waals surface area contributed by atoms with Gasteiger partial charge in [-0.15, -0.1) is 0 Å². The van der Waals surface area contributed by atoms with E-state index in [1.54, 1.807) is 12.5 Å². The second-order valence-electron chi connectivity index (χ2n) is 5.87. The van der Waals surface area contributed by atoms with Gasteiger partial charge in [0.1, 0.15) is 0 Å². The molecule has 1 amide bonds. The Morgan fingerprint density at radius 3 is 2.41 bits per heavy atom. The molecule has 1 aromatic heterocycles. The molecule has 0 saturated carbocycles. The molecule has 1 rings (SSSR count). The van der Waals surface area contributed by atoms with Crippen LogP contribution in [0.5, 0.6) is 0 Å². The fourth-order valence-electron chi connectivity index (χ4n) is 2.01. The van der Waals surface area contributed by atoms with Crippen LogP contribution in [0.1, 0.15) is 51.6 Å². The minimum absolute atomic E-state index is 0.187. The molecule has 9 heteroatoms. The third kappa shape index (κ3) is 16.4. The van der Waals surface area contributed by atoms with Gasteiger partial charge in [0.15, 0.2) is 0 Å². The zero-order chi connectivity index (χ0) is 20.5. The maximum Gasteiger partial charge on any atom is 0.407 e. The van der Waals surface area contributed by atoms with Crippen molar-refractivity contribution in [2.24, 2.45) is 0 Å². The Balaban J connectivity index is 0.000000713. The van der Waals surface area contributed by atoms with Crippen molar-refractivity contribution in [3.05, 3.63) is 30.4 Å². The Labute approximate surface area is 158 Å². The molecule has 152 valence electrons. The van der Waals surface area contributed by atoms with E-state index in [1.807, 2.05) is 6.92 Å². The standard InChI is InChI=1S/C14H25N3O2.C4H4O4/c1-3-4-5-7-12(2)17-14(18)19-9-6-8-13-10-15-11-16-13;5-3(6)1-2-4(7)8/h10-12H,3-9H2,1-2H3,(H,15,16)(H,17,18);1-2H,(H,5,6)(H,7,8)/b;2-1+. The van der Waals surface area contributed by atoms with Crippen molar-refractivity contribution in [3.63, 3.8) is 0 Å². The Morgan fingerprint density at radius 2 is 1.89 bits per heavy atom. The maximum absolute atomic E-state index is 11.5. The normalized spacial score (nSPS) is 11.3. The lowest BCUT2D eigenvalue weighted by Crippen LogP contribution is -2.33. The van der Waals surface area contributed by atoms with Gasteiger partial charge in [-0.05, 0) is 26.2 Å². The summed E-state index contributed by atoms with van der Waals surface area (Å²) in [5.41, 5.74) is 1.07. The van der Waals surface area contributed by atoms with Crippen molar-refractivity contribution in [3.8, 4) is 0 Å². The van der Waals surface area contributed by atoms with E-state index in [-0.39, 0.29) is 12.1 Å². The van der Waals surface area contributed by atoms with Crippen LogP contribution in [0.2, 0.25) is 0 Å². The SMILES string of the molecule is CCCCCC(C)NC(=O)OCCCc1cnc[nH]1.O=C(O)/C=C/C(=O)O. The minimum atomic E-state index is -1.26. The molecular formula is C18H29N3O6. The van der Waals surface area contributed by atoms with Crippen LogP contribution in [0.3, 0.4) is 0 Å². The molecule has 1 aromatic rings. The molecule has 0 aliphatic heterocycles. The third-order valence-corrected chi connectivity index (χ3v) is 3.35. The number of rotatable bonds is 11. The number of aromatic nitrogens is 2. The van der Waals surface area contributed by atoms with E-state index in [9.17, 15) is 14.4 Å². The van der Waals surface area contributed by atoms with Crippen LogP contribution in [0.4, 0.5) is 4.79 Å². The fourth-order valence-corrected chi connectivity index (χ4v) is 2.01. The number of unbranched alkanes of at least 4 members (excludes halogenated alkanes) is 2. The lowest BCUT2D eigenvalue weighted by atomic mass is 10.1. The highest BCUT2D eigenvalue weighted by Gasteiger charge is 2.07. The monoisotopic (exact) mass is 383 g/mol. The molecule has 1 atom stereocenters. The highest BCUT2D eigenvalue weighted by molar-refractivity contribution is 5.89. The van der Waals surface area contributed by atoms with Crippen LogP contribution < -0.4 is 5.32 Å². The van der Waals surface area contributed by atoms with Crippen molar-refractivity contribution >= 4 is 18.0 Å². The number of ether oxygens (including phenoxy) is 1. The minimum Gasteiger partial charge on any atom is -0.478 e. The van der Waals surface area contributed by atoms with Crippen LogP contribution in [0, 0.1) is 0 Å². The van der Waals surface area contributed by atoms with Gasteiger partial charge in [-0.2, -0.15) is 0 Å². The van der Waals surface area contributed by atoms with Gasteiger partial charge in [-0.1, -0.05) is 26.2 Å². The van der Waals surface area contributed by atoms with Gasteiger partial charge in [0, 0.05) is 30.1 Å². The molecule has 0 aliphatic rings. The summed E-state index contributed by atoms with van der Waals surface area (Å²) in [7, 11) is 0. The first-order chi connectivity index (χ1) is 12.8. The molecule has 0 spiro atoms. The first kappa shape index (κ1) is 24.2. The average molecular weight is 383 g/mol. The number of nitrogens with one attached hydrogen (secondary N) is 2. The van der Waals surface area contributed by atoms with Gasteiger partial charge >= 0.3 is 18.0 Å². The fraction of sp³-hybridized carbons (Fsp3) is 0.556. The molecule has 1 heterocycles. The smallest absolute Gasteiger partial charge is 0.407 e. The van der Waals surface area contributed by atoms with Crippen LogP contribution in [-0.4, -0.2) is 50.9 Å². The van der Waals surface area contributed by atoms with Crippen LogP contribution in [-0.2, 0) is 20.7 Å². The van der Waals surface area contributed by atoms with Gasteiger partial charge in [-0.3, -0.25) is 0 Å². The summed E-state index contributed by atoms with van der Waals surface area (Å²) in [6.45, 7) is 4.63. The van der Waals surface area contributed by atoms with Crippen molar-refractivity contribution in [2.45, 2.75) is 58.4 Å². The van der Waals surface area contributed by atoms with E-state index in [2.05, 4.69) is 22.2 Å². The molecule has 1 unspecified atom stereocenters. The Hall–Kier alpha value is -2.84. The van der Waals surface area contributed by atoms with Gasteiger partial charge in [0.2, 0.25) is 0 Å². The summed E-state index contributed by atoms with van der Waals surface area (Å²) in [5.74, 6) is -2.51. The molecule has 0 saturated heterocycles. The van der Waals surface area contributed by atoms with Gasteiger partial charge < -0.3 is 25.3 Å². The Morgan fingerprint density at radius 1 is 1.22 bits per heavy atom. The number of carbonyl (C=O) groups excluding carboxylic acids is 1. The number of carboxylic acid groups (broad SMARTS) is 2. The zero-order valence-electron chi connectivity index (χ0n) is 15.8. The summed E-state index contributed by atoms with van der Waals surface area (Å²) >= 11 is 0. The van der Waals surface area contributed by atoms with E-state index in [1.165, 1.54) is 12.8 Å². The highest BCUT2D eigenvalue weighted by Crippen LogP contribution is 2.03. The van der Waals surface area contributed by atoms with Crippen LogP contribution in [0.25, 0.3) is 0 Å². The lowest BCUT2D eigenvalue weighted by molar-refractivity contribution is -0.134. The maximum atomic E-state index is 11.5. The van der Waals surface area contributed by atoms with E-state index in [0.29, 0.717) is 18.8 Å². The number of hydrogen-bond acceptors (Lipinski definition) is 5. The van der Waals surface area contributed by atoms with Gasteiger partial charge in [0.05, 0.1) is 12.9 Å². The summed E-state index contributed by atoms with van der Waals surface area (Å²) in [4.78, 5) is 37.6. The van der Waals surface area contributed by atoms with E-state index < -0.39 is 11.9 Å². The van der Waals surface area contributed by atoms with Crippen molar-refractivity contribution < 1.29 is 29.3 Å². The van der Waals surface area contributed by atoms with Crippen molar-refractivity contribution in [1.82, 2.24) is 15.3 Å². The molecule has 0 fully saturated rings. The number of hydrogen-bond donors (Lipinski definition) is 4. The summed E-state index contributed by atoms with van der Waals surface area (Å²) in [6.07, 6.45) is 10.5. The summed E-state index contributed by atoms with van der Waals surface area (Å²) < 4.78 is 5.13. The molecular weight excluding hydrogens is 354 g/mol. The number of amides is 1. The zero-order valence-corrected chi connectivity index (χ0v) is 15.8. The van der Waals surface area contributed by atoms with Gasteiger partial charge in [-0.25, -0.2) is 19.4 Å². The van der Waals surface area contributed by atoms with E-state index in [0.717, 1.165) is 31.4 Å². The first-order valence-electron chi connectivity index (χ1n) is 8.89. The number of carbonyl (C=O) groups is 3. The second kappa shape index (κ2) is 15.4. The number of alkyl carbamates (subject to hydrolysis) is 1. The Kier molecular flexibility index (Phi) is 13.8. The molecule has 4 N–H and O–H groups in total. The quantitative estimate of drug-likeness (QED) is 0.340. The average Bonchev–Trinajstić information content (AvgIpc) is 3.11. The van der Waals surface area contributed by atoms with E-state index >= 15 is 0 Å². The first-order valence-corrected chi connectivity index (χ1v) is 8.89. The van der Waals surface area contributed by atoms with Crippen LogP contribution in [0.15, 0.2) is 24.7 Å². The number of aliphatic carboxylic acids is 2. The largest absolute Gasteiger partial charge is 0.478 e. The second-order valence-corrected chi connectivity index (χ2v) is 5.87. The topological polar surface area (TPSA) is 142 Å². The summed E-state index contributed by atoms with van der Waals surface area (Å²) in [5, 5.41) is 18.5. The van der Waals surface area contributed by atoms with Crippen LogP contribution >= 0.6 is 0 Å². The molecule has 9 nitrogen and oxygen atoms in total. The van der Waals surface area contributed by atoms with Gasteiger partial charge in [0.25, 0.3) is 0 Å². The predicted molar refractivity (Wildman–Crippen MR) is 99.4 cm³/mol. The molecule has 27 heavy (non-hydrogen) atoms. The number of carboxylic acids is 2. The molecule has 0 aliphatic carbocycles. The van der Waals surface area contributed by atoms with Crippen molar-refractivity contribution in [1.29, 1.82) is 0 Å². The lowest BCUT2D eigenvalue weighted by Gasteiger charge is -2.13. The Bertz CT molecular complexity index is 556. The number of aryl methyl sites for hydroxylation is 1. The molecule has 0 aromatic carbocycles. The van der Waals surface area contributed by atoms with E-state index in [4.69, 9.17) is 14.9 Å². The summed E-state index contributed by atoms with van der Waals surface area (Å²) in [6, 6.07) is 0.187. The predicted octanol–water partition coefficient (Wildman–Crippen LogP) is 2.75. The molecule has 0 radical (unpaired) electrons. The number of imidazole rings is 1. The van der Waals surface area contributed by atoms with Crippen molar-refractivity contribution in [2.75, 3.05) is 6.61 Å². The third-order valence-electron chi connectivity index (χ3n) is 3.35. The highest BCUT2D eigenvalue weighted by atomic mass is 16.5.